The van der Waals surface area contributed by atoms with Gasteiger partial charge in [-0.25, -0.2) is 0 Å². The van der Waals surface area contributed by atoms with Gasteiger partial charge in [-0.05, 0) is 43.5 Å². The van der Waals surface area contributed by atoms with Crippen LogP contribution in [-0.2, 0) is 0 Å². The van der Waals surface area contributed by atoms with E-state index in [9.17, 15) is 4.79 Å². The van der Waals surface area contributed by atoms with Crippen molar-refractivity contribution < 1.29 is 9.53 Å². The molecule has 1 amide bonds. The van der Waals surface area contributed by atoms with Crippen LogP contribution in [0.2, 0.25) is 0 Å². The summed E-state index contributed by atoms with van der Waals surface area (Å²) in [6.45, 7) is 4.29. The number of carbonyl (C=O) groups is 1. The maximum Gasteiger partial charge on any atom is 0.253 e. The molecule has 1 aromatic carbocycles. The van der Waals surface area contributed by atoms with Crippen molar-refractivity contribution in [2.24, 2.45) is 5.92 Å². The van der Waals surface area contributed by atoms with Crippen molar-refractivity contribution in [3.63, 3.8) is 0 Å². The summed E-state index contributed by atoms with van der Waals surface area (Å²) in [6, 6.07) is 11.6. The van der Waals surface area contributed by atoms with Gasteiger partial charge in [0.25, 0.3) is 5.91 Å². The van der Waals surface area contributed by atoms with E-state index in [2.05, 4.69) is 18.0 Å². The van der Waals surface area contributed by atoms with E-state index in [0.29, 0.717) is 18.1 Å². The number of ether oxygens (including phenoxy) is 1. The number of hydrogen-bond donors (Lipinski definition) is 0. The summed E-state index contributed by atoms with van der Waals surface area (Å²) in [7, 11) is 0. The van der Waals surface area contributed by atoms with E-state index in [1.165, 1.54) is 0 Å². The summed E-state index contributed by atoms with van der Waals surface area (Å²) in [5.74, 6) is 1.41. The van der Waals surface area contributed by atoms with Gasteiger partial charge in [-0.3, -0.25) is 9.78 Å². The van der Waals surface area contributed by atoms with Crippen LogP contribution in [0, 0.1) is 12.8 Å². The number of rotatable bonds is 4. The SMILES string of the molecule is Cc1ccccc1OCC1CCCN(C(=O)c2ccncc2)C1. The third-order valence-corrected chi connectivity index (χ3v) is 4.30. The molecule has 120 valence electrons. The first kappa shape index (κ1) is 15.5. The minimum atomic E-state index is 0.0907. The maximum absolute atomic E-state index is 12.5. The van der Waals surface area contributed by atoms with E-state index in [-0.39, 0.29) is 5.91 Å². The third-order valence-electron chi connectivity index (χ3n) is 4.30. The van der Waals surface area contributed by atoms with E-state index >= 15 is 0 Å². The van der Waals surface area contributed by atoms with Gasteiger partial charge in [0.05, 0.1) is 6.61 Å². The largest absolute Gasteiger partial charge is 0.493 e. The number of benzene rings is 1. The van der Waals surface area contributed by atoms with Gasteiger partial charge < -0.3 is 9.64 Å². The molecule has 1 unspecified atom stereocenters. The molecule has 2 aromatic rings. The van der Waals surface area contributed by atoms with Crippen molar-refractivity contribution in [3.05, 3.63) is 59.9 Å². The van der Waals surface area contributed by atoms with E-state index in [4.69, 9.17) is 4.74 Å². The molecular formula is C19H22N2O2. The highest BCUT2D eigenvalue weighted by molar-refractivity contribution is 5.94. The van der Waals surface area contributed by atoms with Crippen LogP contribution in [0.5, 0.6) is 5.75 Å². The lowest BCUT2D eigenvalue weighted by molar-refractivity contribution is 0.0633. The highest BCUT2D eigenvalue weighted by Crippen LogP contribution is 2.22. The average Bonchev–Trinajstić information content (AvgIpc) is 2.61. The number of carbonyl (C=O) groups excluding carboxylic acids is 1. The number of hydrogen-bond acceptors (Lipinski definition) is 3. The lowest BCUT2D eigenvalue weighted by Gasteiger charge is -2.32. The molecule has 1 fully saturated rings. The number of pyridine rings is 1. The molecule has 4 nitrogen and oxygen atoms in total. The Hall–Kier alpha value is -2.36. The summed E-state index contributed by atoms with van der Waals surface area (Å²) in [4.78, 5) is 18.4. The summed E-state index contributed by atoms with van der Waals surface area (Å²) in [6.07, 6.45) is 5.45. The molecule has 1 saturated heterocycles. The first-order chi connectivity index (χ1) is 11.2. The summed E-state index contributed by atoms with van der Waals surface area (Å²) in [5, 5.41) is 0. The summed E-state index contributed by atoms with van der Waals surface area (Å²) >= 11 is 0. The second-order valence-electron chi connectivity index (χ2n) is 6.07. The highest BCUT2D eigenvalue weighted by Gasteiger charge is 2.25. The van der Waals surface area contributed by atoms with E-state index in [0.717, 1.165) is 37.2 Å². The van der Waals surface area contributed by atoms with Gasteiger partial charge >= 0.3 is 0 Å². The number of likely N-dealkylation sites (tertiary alicyclic amines) is 1. The number of para-hydroxylation sites is 1. The summed E-state index contributed by atoms with van der Waals surface area (Å²) < 4.78 is 5.96. The van der Waals surface area contributed by atoms with Crippen molar-refractivity contribution >= 4 is 5.91 Å². The Balaban J connectivity index is 1.58. The Morgan fingerprint density at radius 2 is 2.04 bits per heavy atom. The molecule has 3 rings (SSSR count). The highest BCUT2D eigenvalue weighted by atomic mass is 16.5. The maximum atomic E-state index is 12.5. The van der Waals surface area contributed by atoms with Crippen molar-refractivity contribution in [2.75, 3.05) is 19.7 Å². The predicted molar refractivity (Wildman–Crippen MR) is 89.5 cm³/mol. The van der Waals surface area contributed by atoms with Crippen LogP contribution in [0.4, 0.5) is 0 Å². The van der Waals surface area contributed by atoms with Gasteiger partial charge in [0.2, 0.25) is 0 Å². The number of piperidine rings is 1. The first-order valence-corrected chi connectivity index (χ1v) is 8.12. The Morgan fingerprint density at radius 3 is 2.83 bits per heavy atom. The first-order valence-electron chi connectivity index (χ1n) is 8.12. The second kappa shape index (κ2) is 7.27. The average molecular weight is 310 g/mol. The molecule has 1 aliphatic heterocycles. The Labute approximate surface area is 137 Å². The monoisotopic (exact) mass is 310 g/mol. The lowest BCUT2D eigenvalue weighted by Crippen LogP contribution is -2.41. The van der Waals surface area contributed by atoms with Gasteiger partial charge in [0.1, 0.15) is 5.75 Å². The fourth-order valence-corrected chi connectivity index (χ4v) is 2.99. The van der Waals surface area contributed by atoms with Crippen LogP contribution in [0.1, 0.15) is 28.8 Å². The number of nitrogens with zero attached hydrogens (tertiary/aromatic N) is 2. The van der Waals surface area contributed by atoms with E-state index in [1.807, 2.05) is 23.1 Å². The Morgan fingerprint density at radius 1 is 1.26 bits per heavy atom. The minimum Gasteiger partial charge on any atom is -0.493 e. The number of amides is 1. The van der Waals surface area contributed by atoms with E-state index < -0.39 is 0 Å². The zero-order chi connectivity index (χ0) is 16.1. The normalized spacial score (nSPS) is 17.8. The van der Waals surface area contributed by atoms with Gasteiger partial charge in [0, 0.05) is 37.0 Å². The lowest BCUT2D eigenvalue weighted by atomic mass is 9.98. The smallest absolute Gasteiger partial charge is 0.253 e. The van der Waals surface area contributed by atoms with Crippen LogP contribution < -0.4 is 4.74 Å². The fraction of sp³-hybridized carbons (Fsp3) is 0.368. The standard InChI is InChI=1S/C19H22N2O2/c1-15-5-2-3-7-18(15)23-14-16-6-4-12-21(13-16)19(22)17-8-10-20-11-9-17/h2-3,5,7-11,16H,4,6,12-14H2,1H3. The number of aryl methyl sites for hydroxylation is 1. The molecule has 0 spiro atoms. The molecule has 0 saturated carbocycles. The van der Waals surface area contributed by atoms with Crippen LogP contribution in [0.3, 0.4) is 0 Å². The molecule has 1 aromatic heterocycles. The zero-order valence-electron chi connectivity index (χ0n) is 13.4. The Kier molecular flexibility index (Phi) is 4.91. The summed E-state index contributed by atoms with van der Waals surface area (Å²) in [5.41, 5.74) is 1.86. The van der Waals surface area contributed by atoms with E-state index in [1.54, 1.807) is 24.5 Å². The van der Waals surface area contributed by atoms with Gasteiger partial charge in [0.15, 0.2) is 0 Å². The van der Waals surface area contributed by atoms with Crippen LogP contribution >= 0.6 is 0 Å². The van der Waals surface area contributed by atoms with Crippen molar-refractivity contribution in [2.45, 2.75) is 19.8 Å². The molecule has 2 heterocycles. The zero-order valence-corrected chi connectivity index (χ0v) is 13.4. The molecule has 4 heteroatoms. The molecule has 0 aliphatic carbocycles. The van der Waals surface area contributed by atoms with Gasteiger partial charge in [-0.15, -0.1) is 0 Å². The van der Waals surface area contributed by atoms with Crippen molar-refractivity contribution in [1.82, 2.24) is 9.88 Å². The fourth-order valence-electron chi connectivity index (χ4n) is 2.99. The van der Waals surface area contributed by atoms with Crippen molar-refractivity contribution in [3.8, 4) is 5.75 Å². The Bertz CT molecular complexity index is 657. The van der Waals surface area contributed by atoms with Crippen LogP contribution in [0.25, 0.3) is 0 Å². The molecule has 1 aliphatic rings. The molecular weight excluding hydrogens is 288 g/mol. The van der Waals surface area contributed by atoms with Gasteiger partial charge in [-0.2, -0.15) is 0 Å². The predicted octanol–water partition coefficient (Wildman–Crippen LogP) is 3.32. The third kappa shape index (κ3) is 3.89. The number of aromatic nitrogens is 1. The molecule has 0 radical (unpaired) electrons. The molecule has 0 N–H and O–H groups in total. The van der Waals surface area contributed by atoms with Crippen molar-refractivity contribution in [1.29, 1.82) is 0 Å². The second-order valence-corrected chi connectivity index (χ2v) is 6.07. The van der Waals surface area contributed by atoms with Crippen LogP contribution in [0.15, 0.2) is 48.8 Å². The molecule has 1 atom stereocenters. The molecule has 23 heavy (non-hydrogen) atoms. The topological polar surface area (TPSA) is 42.4 Å². The van der Waals surface area contributed by atoms with Crippen LogP contribution in [-0.4, -0.2) is 35.5 Å². The minimum absolute atomic E-state index is 0.0907. The van der Waals surface area contributed by atoms with Gasteiger partial charge in [-0.1, -0.05) is 18.2 Å². The quantitative estimate of drug-likeness (QED) is 0.870. The molecule has 0 bridgehead atoms.